The lowest BCUT2D eigenvalue weighted by atomic mass is 9.95. The third-order valence-electron chi connectivity index (χ3n) is 6.60. The summed E-state index contributed by atoms with van der Waals surface area (Å²) in [5.41, 5.74) is 6.98. The van der Waals surface area contributed by atoms with Crippen molar-refractivity contribution >= 4 is 56.7 Å². The van der Waals surface area contributed by atoms with Crippen molar-refractivity contribution in [1.82, 2.24) is 16.1 Å². The molecule has 2 atom stereocenters. The van der Waals surface area contributed by atoms with E-state index in [9.17, 15) is 14.7 Å². The van der Waals surface area contributed by atoms with Gasteiger partial charge in [-0.05, 0) is 100 Å². The maximum absolute atomic E-state index is 12.5. The molecule has 238 valence electrons. The normalized spacial score (nSPS) is 15.3. The molecule has 3 aromatic rings. The van der Waals surface area contributed by atoms with Gasteiger partial charge in [0.05, 0.1) is 39.6 Å². The number of ether oxygens (including phenoxy) is 4. The zero-order valence-corrected chi connectivity index (χ0v) is 28.9. The molecule has 4 N–H and O–H groups in total. The summed E-state index contributed by atoms with van der Waals surface area (Å²) in [7, 11) is 1.28. The van der Waals surface area contributed by atoms with Crippen LogP contribution in [-0.4, -0.2) is 49.9 Å². The zero-order chi connectivity index (χ0) is 32.5. The van der Waals surface area contributed by atoms with Gasteiger partial charge in [0.1, 0.15) is 19.0 Å². The van der Waals surface area contributed by atoms with Gasteiger partial charge in [-0.3, -0.25) is 5.43 Å². The van der Waals surface area contributed by atoms with E-state index in [2.05, 4.69) is 65.7 Å². The van der Waals surface area contributed by atoms with E-state index in [0.29, 0.717) is 36.0 Å². The van der Waals surface area contributed by atoms with E-state index in [-0.39, 0.29) is 12.2 Å². The number of rotatable bonds is 13. The van der Waals surface area contributed by atoms with Crippen molar-refractivity contribution in [2.24, 2.45) is 5.10 Å². The highest BCUT2D eigenvalue weighted by molar-refractivity contribution is 14.1. The summed E-state index contributed by atoms with van der Waals surface area (Å²) in [4.78, 5) is 24.6. The topological polar surface area (TPSA) is 140 Å². The van der Waals surface area contributed by atoms with Crippen molar-refractivity contribution < 1.29 is 33.6 Å². The van der Waals surface area contributed by atoms with Crippen LogP contribution in [-0.2, 0) is 16.1 Å². The molecule has 0 saturated carbocycles. The number of urea groups is 1. The van der Waals surface area contributed by atoms with Gasteiger partial charge >= 0.3 is 12.0 Å². The molecule has 0 bridgehead atoms. The minimum Gasteiger partial charge on any atom is -0.490 e. The fourth-order valence-electron chi connectivity index (χ4n) is 4.57. The second-order valence-corrected chi connectivity index (χ2v) is 12.0. The van der Waals surface area contributed by atoms with Crippen LogP contribution >= 0.6 is 38.5 Å². The van der Waals surface area contributed by atoms with Gasteiger partial charge in [-0.1, -0.05) is 35.9 Å². The number of methoxy groups -OCH3 is 1. The highest BCUT2D eigenvalue weighted by Gasteiger charge is 2.32. The quantitative estimate of drug-likeness (QED) is 0.0589. The number of allylic oxidation sites excluding steroid dienone is 1. The first-order valence-corrected chi connectivity index (χ1v) is 15.9. The number of hydrogen-bond acceptors (Lipinski definition) is 9. The second kappa shape index (κ2) is 16.0. The van der Waals surface area contributed by atoms with E-state index in [4.69, 9.17) is 18.9 Å². The van der Waals surface area contributed by atoms with Crippen molar-refractivity contribution in [3.05, 3.63) is 96.2 Å². The maximum atomic E-state index is 12.5. The molecule has 0 radical (unpaired) electrons. The summed E-state index contributed by atoms with van der Waals surface area (Å²) in [5, 5.41) is 20.0. The lowest BCUT2D eigenvalue weighted by molar-refractivity contribution is -0.136. The molecular weight excluding hydrogens is 759 g/mol. The minimum atomic E-state index is -1.13. The molecule has 13 heteroatoms. The molecule has 0 aromatic heterocycles. The van der Waals surface area contributed by atoms with Crippen LogP contribution in [0.2, 0.25) is 0 Å². The van der Waals surface area contributed by atoms with E-state index in [1.165, 1.54) is 12.7 Å². The van der Waals surface area contributed by atoms with E-state index >= 15 is 0 Å². The van der Waals surface area contributed by atoms with Crippen molar-refractivity contribution in [2.45, 2.75) is 39.6 Å². The molecule has 1 heterocycles. The first-order chi connectivity index (χ1) is 21.6. The van der Waals surface area contributed by atoms with Crippen LogP contribution < -0.4 is 30.3 Å². The highest BCUT2D eigenvalue weighted by Crippen LogP contribution is 2.35. The van der Waals surface area contributed by atoms with Crippen LogP contribution in [0.3, 0.4) is 0 Å². The van der Waals surface area contributed by atoms with Crippen LogP contribution in [0.15, 0.2) is 75.4 Å². The van der Waals surface area contributed by atoms with Gasteiger partial charge in [0.15, 0.2) is 17.7 Å². The number of benzene rings is 3. The summed E-state index contributed by atoms with van der Waals surface area (Å²) in [6.45, 7) is 6.15. The molecule has 4 rings (SSSR count). The third-order valence-corrected chi connectivity index (χ3v) is 7.99. The Morgan fingerprint density at radius 3 is 2.64 bits per heavy atom. The van der Waals surface area contributed by atoms with Gasteiger partial charge in [-0.25, -0.2) is 9.59 Å². The van der Waals surface area contributed by atoms with Gasteiger partial charge in [0.25, 0.3) is 0 Å². The SMILES string of the molecule is CCOc1cc([C@H]2NC(=O)NC(C)=C2C(=O)OC)ccc1OC[C@H](O)N/N=C\c1cc(Br)c(OCc2cccc(C)c2)c(I)c1. The average molecular weight is 793 g/mol. The van der Waals surface area contributed by atoms with E-state index in [1.54, 1.807) is 31.3 Å². The monoisotopic (exact) mass is 792 g/mol. The molecule has 0 aliphatic carbocycles. The van der Waals surface area contributed by atoms with Gasteiger partial charge in [0.2, 0.25) is 0 Å². The third kappa shape index (κ3) is 9.11. The molecular formula is C32H34BrIN4O7. The number of hydrogen-bond donors (Lipinski definition) is 4. The molecule has 0 saturated heterocycles. The van der Waals surface area contributed by atoms with E-state index in [0.717, 1.165) is 24.9 Å². The number of aliphatic hydroxyl groups excluding tert-OH is 1. The number of esters is 1. The Bertz CT molecular complexity index is 1590. The molecule has 2 amide bonds. The standard InChI is InChI=1S/C32H34BrIN4O7/c1-5-43-26-14-22(29-28(31(40)42-4)19(3)36-32(41)37-29)9-10-25(26)44-17-27(39)38-35-15-21-12-23(33)30(24(34)13-21)45-16-20-8-6-7-18(2)11-20/h6-15,27,29,38-39H,5,16-17H2,1-4H3,(H2,36,37,41)/b35-15-/t27-,29+/m0/s1. The highest BCUT2D eigenvalue weighted by atomic mass is 127. The number of aryl methyl sites for hydroxylation is 1. The van der Waals surface area contributed by atoms with Crippen LogP contribution in [0.4, 0.5) is 4.79 Å². The predicted octanol–water partition coefficient (Wildman–Crippen LogP) is 5.46. The van der Waals surface area contributed by atoms with Gasteiger partial charge in [-0.2, -0.15) is 5.10 Å². The molecule has 1 aliphatic rings. The molecule has 11 nitrogen and oxygen atoms in total. The number of aliphatic hydroxyl groups is 1. The number of carbonyl (C=O) groups excluding carboxylic acids is 2. The first kappa shape index (κ1) is 34.1. The lowest BCUT2D eigenvalue weighted by Crippen LogP contribution is -2.45. The number of nitrogens with zero attached hydrogens (tertiary/aromatic N) is 1. The number of hydrazone groups is 1. The Hall–Kier alpha value is -3.82. The Morgan fingerprint density at radius 2 is 1.93 bits per heavy atom. The summed E-state index contributed by atoms with van der Waals surface area (Å²) >= 11 is 5.80. The van der Waals surface area contributed by atoms with Crippen molar-refractivity contribution in [3.63, 3.8) is 0 Å². The number of nitrogens with one attached hydrogen (secondary N) is 3. The Kier molecular flexibility index (Phi) is 12.1. The largest absolute Gasteiger partial charge is 0.490 e. The average Bonchev–Trinajstić information content (AvgIpc) is 2.99. The summed E-state index contributed by atoms with van der Waals surface area (Å²) in [5.74, 6) is 0.916. The van der Waals surface area contributed by atoms with Gasteiger partial charge in [-0.15, -0.1) is 0 Å². The summed E-state index contributed by atoms with van der Waals surface area (Å²) < 4.78 is 24.2. The predicted molar refractivity (Wildman–Crippen MR) is 181 cm³/mol. The zero-order valence-electron chi connectivity index (χ0n) is 25.1. The minimum absolute atomic E-state index is 0.139. The van der Waals surface area contributed by atoms with Crippen molar-refractivity contribution in [3.8, 4) is 17.2 Å². The fourth-order valence-corrected chi connectivity index (χ4v) is 6.34. The molecule has 0 spiro atoms. The van der Waals surface area contributed by atoms with Crippen molar-refractivity contribution in [2.75, 3.05) is 20.3 Å². The van der Waals surface area contributed by atoms with Gasteiger partial charge < -0.3 is 34.7 Å². The molecule has 3 aromatic carbocycles. The second-order valence-electron chi connectivity index (χ2n) is 10.0. The maximum Gasteiger partial charge on any atom is 0.337 e. The van der Waals surface area contributed by atoms with Crippen LogP contribution in [0.25, 0.3) is 0 Å². The first-order valence-electron chi connectivity index (χ1n) is 14.0. The molecule has 45 heavy (non-hydrogen) atoms. The number of carbonyl (C=O) groups is 2. The number of halogens is 2. The Labute approximate surface area is 283 Å². The Balaban J connectivity index is 1.37. The fraction of sp³-hybridized carbons (Fsp3) is 0.281. The van der Waals surface area contributed by atoms with Gasteiger partial charge in [0, 0.05) is 5.70 Å². The van der Waals surface area contributed by atoms with Crippen LogP contribution in [0.1, 0.15) is 42.1 Å². The van der Waals surface area contributed by atoms with Crippen molar-refractivity contribution in [1.29, 1.82) is 0 Å². The Morgan fingerprint density at radius 1 is 1.13 bits per heavy atom. The smallest absolute Gasteiger partial charge is 0.337 e. The summed E-state index contributed by atoms with van der Waals surface area (Å²) in [6, 6.07) is 15.8. The summed E-state index contributed by atoms with van der Waals surface area (Å²) in [6.07, 6.45) is 0.456. The number of amides is 2. The van der Waals surface area contributed by atoms with Crippen LogP contribution in [0.5, 0.6) is 17.2 Å². The molecule has 0 fully saturated rings. The van der Waals surface area contributed by atoms with Crippen LogP contribution in [0, 0.1) is 10.5 Å². The molecule has 1 aliphatic heterocycles. The van der Waals surface area contributed by atoms with E-state index < -0.39 is 24.3 Å². The molecule has 0 unspecified atom stereocenters. The lowest BCUT2D eigenvalue weighted by Gasteiger charge is -2.28. The van der Waals surface area contributed by atoms with E-state index in [1.807, 2.05) is 44.2 Å².